The van der Waals surface area contributed by atoms with Gasteiger partial charge < -0.3 is 20.1 Å². The fourth-order valence-corrected chi connectivity index (χ4v) is 5.42. The minimum atomic E-state index is -0.244. The summed E-state index contributed by atoms with van der Waals surface area (Å²) in [6.07, 6.45) is 16.1. The van der Waals surface area contributed by atoms with Gasteiger partial charge in [0.1, 0.15) is 12.2 Å². The molecule has 0 aromatic rings. The van der Waals surface area contributed by atoms with Crippen LogP contribution < -0.4 is 10.6 Å². The van der Waals surface area contributed by atoms with Gasteiger partial charge in [0, 0.05) is 12.1 Å². The molecule has 2 rings (SSSR count). The molecule has 6 heteroatoms. The number of unbranched alkanes of at least 4 members (excludes halogenated alkanes) is 2. The van der Waals surface area contributed by atoms with E-state index in [9.17, 15) is 9.59 Å². The molecule has 2 atom stereocenters. The van der Waals surface area contributed by atoms with Gasteiger partial charge in [0.2, 0.25) is 0 Å². The van der Waals surface area contributed by atoms with Crippen LogP contribution in [-0.2, 0) is 9.47 Å². The molecule has 0 aromatic carbocycles. The van der Waals surface area contributed by atoms with Crippen LogP contribution in [0.1, 0.15) is 124 Å². The van der Waals surface area contributed by atoms with Crippen LogP contribution in [0.5, 0.6) is 0 Å². The zero-order chi connectivity index (χ0) is 24.1. The summed E-state index contributed by atoms with van der Waals surface area (Å²) in [4.78, 5) is 24.2. The summed E-state index contributed by atoms with van der Waals surface area (Å²) in [7, 11) is 0. The fourth-order valence-electron chi connectivity index (χ4n) is 5.42. The van der Waals surface area contributed by atoms with Gasteiger partial charge in [0.25, 0.3) is 0 Å². The molecule has 0 radical (unpaired) electrons. The molecular weight excluding hydrogens is 416 g/mol. The molecule has 6 nitrogen and oxygen atoms in total. The minimum Gasteiger partial charge on any atom is -0.447 e. The highest BCUT2D eigenvalue weighted by atomic mass is 16.6. The van der Waals surface area contributed by atoms with Gasteiger partial charge >= 0.3 is 12.2 Å². The maximum Gasteiger partial charge on any atom is 0.407 e. The summed E-state index contributed by atoms with van der Waals surface area (Å²) in [5, 5.41) is 6.17. The van der Waals surface area contributed by atoms with E-state index >= 15 is 0 Å². The number of rotatable bonds is 12. The predicted octanol–water partition coefficient (Wildman–Crippen LogP) is 7.10. The second kappa shape index (κ2) is 15.4. The van der Waals surface area contributed by atoms with Crippen LogP contribution in [0.2, 0.25) is 0 Å². The molecule has 0 unspecified atom stereocenters. The highest BCUT2D eigenvalue weighted by Gasteiger charge is 2.28. The van der Waals surface area contributed by atoms with Crippen molar-refractivity contribution in [3.8, 4) is 0 Å². The summed E-state index contributed by atoms with van der Waals surface area (Å²) in [6, 6.07) is 0.524. The lowest BCUT2D eigenvalue weighted by Gasteiger charge is -2.34. The molecular formula is C27H50N2O4. The molecule has 0 saturated heterocycles. The molecule has 2 saturated carbocycles. The monoisotopic (exact) mass is 466 g/mol. The third-order valence-electron chi connectivity index (χ3n) is 7.55. The van der Waals surface area contributed by atoms with Crippen LogP contribution in [0.4, 0.5) is 9.59 Å². The smallest absolute Gasteiger partial charge is 0.407 e. The van der Waals surface area contributed by atoms with E-state index in [-0.39, 0.29) is 36.5 Å². The second-order valence-electron chi connectivity index (χ2n) is 10.7. The van der Waals surface area contributed by atoms with Crippen LogP contribution in [-0.4, -0.2) is 36.5 Å². The normalized spacial score (nSPS) is 27.3. The van der Waals surface area contributed by atoms with Crippen LogP contribution in [0, 0.1) is 11.8 Å². The van der Waals surface area contributed by atoms with E-state index in [2.05, 4.69) is 24.5 Å². The van der Waals surface area contributed by atoms with Crippen LogP contribution in [0.25, 0.3) is 0 Å². The van der Waals surface area contributed by atoms with E-state index in [1.165, 1.54) is 32.1 Å². The molecule has 2 aliphatic rings. The molecule has 0 spiro atoms. The van der Waals surface area contributed by atoms with Crippen molar-refractivity contribution in [1.29, 1.82) is 0 Å². The Morgan fingerprint density at radius 2 is 1.06 bits per heavy atom. The lowest BCUT2D eigenvalue weighted by molar-refractivity contribution is 0.0935. The van der Waals surface area contributed by atoms with E-state index in [1.807, 2.05) is 13.8 Å². The van der Waals surface area contributed by atoms with Crippen molar-refractivity contribution >= 4 is 12.2 Å². The Balaban J connectivity index is 1.57. The summed E-state index contributed by atoms with van der Waals surface area (Å²) in [5.41, 5.74) is 0. The molecule has 33 heavy (non-hydrogen) atoms. The quantitative estimate of drug-likeness (QED) is 0.321. The van der Waals surface area contributed by atoms with Gasteiger partial charge in [-0.05, 0) is 96.3 Å². The Morgan fingerprint density at radius 1 is 0.697 bits per heavy atom. The predicted molar refractivity (Wildman–Crippen MR) is 133 cm³/mol. The number of hydrogen-bond acceptors (Lipinski definition) is 4. The highest BCUT2D eigenvalue weighted by Crippen LogP contribution is 2.35. The first-order valence-corrected chi connectivity index (χ1v) is 13.8. The fraction of sp³-hybridized carbons (Fsp3) is 0.926. The molecule has 0 heterocycles. The summed E-state index contributed by atoms with van der Waals surface area (Å²) in [6.45, 7) is 8.27. The van der Waals surface area contributed by atoms with E-state index in [0.717, 1.165) is 76.0 Å². The average molecular weight is 467 g/mol. The molecule has 2 fully saturated rings. The number of hydrogen-bond donors (Lipinski definition) is 2. The van der Waals surface area contributed by atoms with E-state index in [1.54, 1.807) is 0 Å². The highest BCUT2D eigenvalue weighted by molar-refractivity contribution is 5.68. The van der Waals surface area contributed by atoms with Crippen molar-refractivity contribution in [3.05, 3.63) is 0 Å². The van der Waals surface area contributed by atoms with Crippen molar-refractivity contribution in [3.63, 3.8) is 0 Å². The lowest BCUT2D eigenvalue weighted by atomic mass is 9.76. The van der Waals surface area contributed by atoms with Gasteiger partial charge in [-0.3, -0.25) is 0 Å². The van der Waals surface area contributed by atoms with Crippen molar-refractivity contribution in [2.24, 2.45) is 11.8 Å². The first-order chi connectivity index (χ1) is 15.9. The van der Waals surface area contributed by atoms with Crippen LogP contribution >= 0.6 is 0 Å². The topological polar surface area (TPSA) is 76.7 Å². The SMILES string of the molecule is CCCC[C@@H](C)OC(=O)NC1CCC(CC2CCC(NC(=O)O[C@@H](C)CCCC)CC2)CC1. The Kier molecular flexibility index (Phi) is 13.0. The Bertz CT molecular complexity index is 506. The van der Waals surface area contributed by atoms with Gasteiger partial charge in [-0.25, -0.2) is 9.59 Å². The Labute approximate surface area is 202 Å². The number of amides is 2. The first kappa shape index (κ1) is 27.8. The van der Waals surface area contributed by atoms with Gasteiger partial charge in [-0.15, -0.1) is 0 Å². The van der Waals surface area contributed by atoms with Gasteiger partial charge in [-0.2, -0.15) is 0 Å². The zero-order valence-corrected chi connectivity index (χ0v) is 21.7. The molecule has 0 aromatic heterocycles. The molecule has 2 amide bonds. The number of alkyl carbamates (subject to hydrolysis) is 2. The second-order valence-corrected chi connectivity index (χ2v) is 10.7. The Morgan fingerprint density at radius 3 is 1.39 bits per heavy atom. The van der Waals surface area contributed by atoms with Crippen molar-refractivity contribution in [1.82, 2.24) is 10.6 Å². The van der Waals surface area contributed by atoms with Gasteiger partial charge in [0.15, 0.2) is 0 Å². The van der Waals surface area contributed by atoms with Crippen molar-refractivity contribution in [2.45, 2.75) is 148 Å². The zero-order valence-electron chi connectivity index (χ0n) is 21.7. The molecule has 192 valence electrons. The van der Waals surface area contributed by atoms with E-state index < -0.39 is 0 Å². The molecule has 2 N–H and O–H groups in total. The van der Waals surface area contributed by atoms with Crippen molar-refractivity contribution < 1.29 is 19.1 Å². The minimum absolute atomic E-state index is 0.00257. The molecule has 0 aliphatic heterocycles. The average Bonchev–Trinajstić information content (AvgIpc) is 2.78. The first-order valence-electron chi connectivity index (χ1n) is 13.8. The van der Waals surface area contributed by atoms with Crippen LogP contribution in [0.15, 0.2) is 0 Å². The largest absolute Gasteiger partial charge is 0.447 e. The van der Waals surface area contributed by atoms with Gasteiger partial charge in [-0.1, -0.05) is 39.5 Å². The number of carbonyl (C=O) groups is 2. The van der Waals surface area contributed by atoms with E-state index in [0.29, 0.717) is 0 Å². The number of carbonyl (C=O) groups excluding carboxylic acids is 2. The number of ether oxygens (including phenoxy) is 2. The lowest BCUT2D eigenvalue weighted by Crippen LogP contribution is -2.40. The maximum absolute atomic E-state index is 12.1. The molecule has 0 bridgehead atoms. The summed E-state index contributed by atoms with van der Waals surface area (Å²) < 4.78 is 11.0. The van der Waals surface area contributed by atoms with Gasteiger partial charge in [0.05, 0.1) is 0 Å². The number of nitrogens with one attached hydrogen (secondary N) is 2. The maximum atomic E-state index is 12.1. The van der Waals surface area contributed by atoms with E-state index in [4.69, 9.17) is 9.47 Å². The summed E-state index contributed by atoms with van der Waals surface area (Å²) in [5.74, 6) is 1.53. The molecule has 2 aliphatic carbocycles. The third-order valence-corrected chi connectivity index (χ3v) is 7.55. The third kappa shape index (κ3) is 11.5. The summed E-state index contributed by atoms with van der Waals surface area (Å²) >= 11 is 0. The van der Waals surface area contributed by atoms with Crippen LogP contribution in [0.3, 0.4) is 0 Å². The standard InChI is InChI=1S/C27H50N2O4/c1-5-7-9-20(3)32-26(30)28-24-15-11-22(12-16-24)19-23-13-17-25(18-14-23)29-27(31)33-21(4)10-8-6-2/h20-25H,5-19H2,1-4H3,(H,28,30)(H,29,31)/t20-,21+,22?,23?,24?,25?. The Hall–Kier alpha value is -1.46. The van der Waals surface area contributed by atoms with Crippen molar-refractivity contribution in [2.75, 3.05) is 0 Å².